The molecule has 0 aliphatic heterocycles. The molecule has 0 fully saturated rings. The minimum Gasteiger partial charge on any atom is -0.352 e. The van der Waals surface area contributed by atoms with Gasteiger partial charge in [-0.15, -0.1) is 0 Å². The lowest BCUT2D eigenvalue weighted by molar-refractivity contribution is 0.0953. The largest absolute Gasteiger partial charge is 0.352 e. The Morgan fingerprint density at radius 3 is 2.35 bits per heavy atom. The molecule has 0 unspecified atom stereocenters. The highest BCUT2D eigenvalue weighted by Crippen LogP contribution is 2.26. The lowest BCUT2D eigenvalue weighted by atomic mass is 10.1. The van der Waals surface area contributed by atoms with Crippen LogP contribution in [0.2, 0.25) is 5.02 Å². The smallest absolute Gasteiger partial charge is 0.263 e. The summed E-state index contributed by atoms with van der Waals surface area (Å²) in [4.78, 5) is 12.1. The van der Waals surface area contributed by atoms with Crippen LogP contribution in [0.25, 0.3) is 0 Å². The van der Waals surface area contributed by atoms with Crippen molar-refractivity contribution in [2.24, 2.45) is 0 Å². The standard InChI is InChI=1S/C19H23ClN2O3S/c1-4-5-8-21-19(23)15-6-7-17(20)18(12-15)26(24,25)22-16-10-13(2)9-14(3)11-16/h6-7,9-12,22H,4-5,8H2,1-3H3,(H,21,23). The number of hydrogen-bond acceptors (Lipinski definition) is 3. The van der Waals surface area contributed by atoms with Gasteiger partial charge in [0.05, 0.1) is 5.02 Å². The van der Waals surface area contributed by atoms with Gasteiger partial charge >= 0.3 is 0 Å². The first-order valence-corrected chi connectivity index (χ1v) is 10.3. The molecule has 0 atom stereocenters. The minimum absolute atomic E-state index is 0.0620. The first-order valence-electron chi connectivity index (χ1n) is 8.42. The molecule has 2 N–H and O–H groups in total. The highest BCUT2D eigenvalue weighted by Gasteiger charge is 2.20. The number of hydrogen-bond donors (Lipinski definition) is 2. The number of benzene rings is 2. The molecule has 0 spiro atoms. The van der Waals surface area contributed by atoms with Gasteiger partial charge in [0.25, 0.3) is 15.9 Å². The zero-order valence-corrected chi connectivity index (χ0v) is 16.7. The van der Waals surface area contributed by atoms with Crippen molar-refractivity contribution in [2.45, 2.75) is 38.5 Å². The third-order valence-electron chi connectivity index (χ3n) is 3.77. The topological polar surface area (TPSA) is 75.3 Å². The van der Waals surface area contributed by atoms with Crippen molar-refractivity contribution < 1.29 is 13.2 Å². The zero-order valence-electron chi connectivity index (χ0n) is 15.1. The number of nitrogens with one attached hydrogen (secondary N) is 2. The Morgan fingerprint density at radius 2 is 1.73 bits per heavy atom. The Labute approximate surface area is 159 Å². The number of unbranched alkanes of at least 4 members (excludes halogenated alkanes) is 1. The fraction of sp³-hybridized carbons (Fsp3) is 0.316. The van der Waals surface area contributed by atoms with Gasteiger partial charge in [-0.25, -0.2) is 8.42 Å². The van der Waals surface area contributed by atoms with E-state index >= 15 is 0 Å². The Balaban J connectivity index is 2.30. The maximum atomic E-state index is 12.8. The predicted molar refractivity (Wildman–Crippen MR) is 105 cm³/mol. The summed E-state index contributed by atoms with van der Waals surface area (Å²) in [6.45, 7) is 6.34. The minimum atomic E-state index is -3.92. The number of rotatable bonds is 7. The van der Waals surface area contributed by atoms with Gasteiger partial charge in [-0.05, 0) is 61.7 Å². The summed E-state index contributed by atoms with van der Waals surface area (Å²) in [5.41, 5.74) is 2.60. The van der Waals surface area contributed by atoms with Crippen LogP contribution in [-0.4, -0.2) is 20.9 Å². The molecule has 0 saturated carbocycles. The van der Waals surface area contributed by atoms with Crippen LogP contribution in [0.1, 0.15) is 41.3 Å². The molecule has 26 heavy (non-hydrogen) atoms. The average Bonchev–Trinajstić information content (AvgIpc) is 2.53. The number of carbonyl (C=O) groups excluding carboxylic acids is 1. The molecule has 0 saturated heterocycles. The van der Waals surface area contributed by atoms with Gasteiger partial charge in [0.15, 0.2) is 0 Å². The van der Waals surface area contributed by atoms with Crippen molar-refractivity contribution in [1.82, 2.24) is 5.32 Å². The van der Waals surface area contributed by atoms with E-state index < -0.39 is 10.0 Å². The molecule has 2 aromatic carbocycles. The number of carbonyl (C=O) groups is 1. The van der Waals surface area contributed by atoms with E-state index in [1.807, 2.05) is 26.8 Å². The summed E-state index contributed by atoms with van der Waals surface area (Å²) >= 11 is 6.09. The van der Waals surface area contributed by atoms with E-state index in [2.05, 4.69) is 10.0 Å². The maximum absolute atomic E-state index is 12.8. The Kier molecular flexibility index (Phi) is 6.67. The number of aryl methyl sites for hydroxylation is 2. The molecule has 0 aliphatic carbocycles. The summed E-state index contributed by atoms with van der Waals surface area (Å²) in [7, 11) is -3.92. The van der Waals surface area contributed by atoms with Crippen molar-refractivity contribution in [3.8, 4) is 0 Å². The summed E-state index contributed by atoms with van der Waals surface area (Å²) in [6.07, 6.45) is 1.82. The fourth-order valence-corrected chi connectivity index (χ4v) is 4.14. The van der Waals surface area contributed by atoms with E-state index in [1.165, 1.54) is 18.2 Å². The third kappa shape index (κ3) is 5.22. The molecule has 0 radical (unpaired) electrons. The van der Waals surface area contributed by atoms with E-state index in [4.69, 9.17) is 11.6 Å². The molecular formula is C19H23ClN2O3S. The normalized spacial score (nSPS) is 11.2. The second-order valence-corrected chi connectivity index (χ2v) is 8.29. The van der Waals surface area contributed by atoms with E-state index in [9.17, 15) is 13.2 Å². The fourth-order valence-electron chi connectivity index (χ4n) is 2.58. The Bertz CT molecular complexity index is 891. The second-order valence-electron chi connectivity index (χ2n) is 6.24. The van der Waals surface area contributed by atoms with E-state index in [-0.39, 0.29) is 21.4 Å². The number of sulfonamides is 1. The van der Waals surface area contributed by atoms with Gasteiger partial charge in [0.1, 0.15) is 4.90 Å². The third-order valence-corrected chi connectivity index (χ3v) is 5.64. The lowest BCUT2D eigenvalue weighted by Gasteiger charge is -2.12. The van der Waals surface area contributed by atoms with E-state index in [0.717, 1.165) is 24.0 Å². The summed E-state index contributed by atoms with van der Waals surface area (Å²) < 4.78 is 28.0. The Hall–Kier alpha value is -2.05. The van der Waals surface area contributed by atoms with Gasteiger partial charge < -0.3 is 5.32 Å². The van der Waals surface area contributed by atoms with Crippen molar-refractivity contribution in [1.29, 1.82) is 0 Å². The predicted octanol–water partition coefficient (Wildman–Crippen LogP) is 4.29. The van der Waals surface area contributed by atoms with Gasteiger partial charge in [0.2, 0.25) is 0 Å². The first-order chi connectivity index (χ1) is 12.2. The molecule has 0 aliphatic rings. The van der Waals surface area contributed by atoms with Crippen LogP contribution in [0.3, 0.4) is 0 Å². The molecule has 0 bridgehead atoms. The van der Waals surface area contributed by atoms with Crippen LogP contribution in [0.15, 0.2) is 41.3 Å². The van der Waals surface area contributed by atoms with Crippen LogP contribution < -0.4 is 10.0 Å². The highest BCUT2D eigenvalue weighted by atomic mass is 35.5. The van der Waals surface area contributed by atoms with Crippen molar-refractivity contribution >= 4 is 33.2 Å². The highest BCUT2D eigenvalue weighted by molar-refractivity contribution is 7.92. The maximum Gasteiger partial charge on any atom is 0.263 e. The van der Waals surface area contributed by atoms with Crippen LogP contribution in [0.4, 0.5) is 5.69 Å². The zero-order chi connectivity index (χ0) is 19.3. The number of halogens is 1. The molecule has 140 valence electrons. The molecule has 7 heteroatoms. The van der Waals surface area contributed by atoms with Gasteiger partial charge in [-0.3, -0.25) is 9.52 Å². The Morgan fingerprint density at radius 1 is 1.08 bits per heavy atom. The van der Waals surface area contributed by atoms with Gasteiger partial charge in [-0.1, -0.05) is 31.0 Å². The first kappa shape index (κ1) is 20.3. The quantitative estimate of drug-likeness (QED) is 0.688. The van der Waals surface area contributed by atoms with Crippen molar-refractivity contribution in [2.75, 3.05) is 11.3 Å². The molecule has 1 amide bonds. The lowest BCUT2D eigenvalue weighted by Crippen LogP contribution is -2.24. The van der Waals surface area contributed by atoms with Crippen molar-refractivity contribution in [3.05, 3.63) is 58.1 Å². The molecule has 2 aromatic rings. The molecular weight excluding hydrogens is 372 g/mol. The van der Waals surface area contributed by atoms with Crippen LogP contribution in [-0.2, 0) is 10.0 Å². The second kappa shape index (κ2) is 8.56. The molecule has 0 aromatic heterocycles. The van der Waals surface area contributed by atoms with Crippen molar-refractivity contribution in [3.63, 3.8) is 0 Å². The van der Waals surface area contributed by atoms with E-state index in [1.54, 1.807) is 12.1 Å². The summed E-state index contributed by atoms with van der Waals surface area (Å²) in [6, 6.07) is 9.66. The van der Waals surface area contributed by atoms with Crippen LogP contribution in [0.5, 0.6) is 0 Å². The average molecular weight is 395 g/mol. The van der Waals surface area contributed by atoms with Gasteiger partial charge in [-0.2, -0.15) is 0 Å². The molecule has 0 heterocycles. The van der Waals surface area contributed by atoms with E-state index in [0.29, 0.717) is 12.2 Å². The SMILES string of the molecule is CCCCNC(=O)c1ccc(Cl)c(S(=O)(=O)Nc2cc(C)cc(C)c2)c1. The monoisotopic (exact) mass is 394 g/mol. The molecule has 2 rings (SSSR count). The van der Waals surface area contributed by atoms with Crippen LogP contribution in [0, 0.1) is 13.8 Å². The number of amides is 1. The van der Waals surface area contributed by atoms with Gasteiger partial charge in [0, 0.05) is 17.8 Å². The summed E-state index contributed by atoms with van der Waals surface area (Å²) in [5.74, 6) is -0.321. The summed E-state index contributed by atoms with van der Waals surface area (Å²) in [5, 5.41) is 2.83. The molecule has 5 nitrogen and oxygen atoms in total. The van der Waals surface area contributed by atoms with Crippen LogP contribution >= 0.6 is 11.6 Å². The number of anilines is 1.